The number of rotatable bonds is 5. The van der Waals surface area contributed by atoms with Crippen molar-refractivity contribution in [1.29, 1.82) is 0 Å². The Morgan fingerprint density at radius 1 is 1.46 bits per heavy atom. The highest BCUT2D eigenvalue weighted by Gasteiger charge is 2.14. The standard InChI is InChI=1S/C10H20N2S/c1-2-9(12-11)8-13-10-6-4-3-5-7-10/h2,9-10,12H,1,3-8,11H2. The summed E-state index contributed by atoms with van der Waals surface area (Å²) in [5.41, 5.74) is 2.75. The van der Waals surface area contributed by atoms with E-state index in [1.54, 1.807) is 0 Å². The lowest BCUT2D eigenvalue weighted by molar-refractivity contribution is 0.515. The minimum atomic E-state index is 0.270. The van der Waals surface area contributed by atoms with Crippen LogP contribution in [0, 0.1) is 0 Å². The van der Waals surface area contributed by atoms with Gasteiger partial charge in [0.1, 0.15) is 0 Å². The highest BCUT2D eigenvalue weighted by molar-refractivity contribution is 7.99. The van der Waals surface area contributed by atoms with E-state index in [1.807, 2.05) is 17.8 Å². The van der Waals surface area contributed by atoms with E-state index >= 15 is 0 Å². The topological polar surface area (TPSA) is 38.0 Å². The third-order valence-corrected chi connectivity index (χ3v) is 4.06. The minimum Gasteiger partial charge on any atom is -0.271 e. The monoisotopic (exact) mass is 200 g/mol. The molecule has 0 heterocycles. The van der Waals surface area contributed by atoms with Crippen molar-refractivity contribution in [3.05, 3.63) is 12.7 Å². The van der Waals surface area contributed by atoms with E-state index in [-0.39, 0.29) is 6.04 Å². The van der Waals surface area contributed by atoms with Crippen LogP contribution in [0.2, 0.25) is 0 Å². The van der Waals surface area contributed by atoms with Gasteiger partial charge in [-0.1, -0.05) is 25.3 Å². The van der Waals surface area contributed by atoms with Crippen LogP contribution in [-0.4, -0.2) is 17.0 Å². The summed E-state index contributed by atoms with van der Waals surface area (Å²) in [6.07, 6.45) is 8.91. The molecule has 1 aliphatic carbocycles. The SMILES string of the molecule is C=CC(CSC1CCCCC1)NN. The predicted molar refractivity (Wildman–Crippen MR) is 60.6 cm³/mol. The van der Waals surface area contributed by atoms with E-state index in [2.05, 4.69) is 12.0 Å². The van der Waals surface area contributed by atoms with E-state index in [0.29, 0.717) is 0 Å². The van der Waals surface area contributed by atoms with Crippen LogP contribution in [0.1, 0.15) is 32.1 Å². The first-order chi connectivity index (χ1) is 6.36. The van der Waals surface area contributed by atoms with Crippen molar-refractivity contribution < 1.29 is 0 Å². The smallest absolute Gasteiger partial charge is 0.0478 e. The molecule has 0 aliphatic heterocycles. The summed E-state index contributed by atoms with van der Waals surface area (Å²) in [6, 6.07) is 0.270. The predicted octanol–water partition coefficient (Wildman–Crippen LogP) is 2.07. The van der Waals surface area contributed by atoms with Gasteiger partial charge in [-0.2, -0.15) is 11.8 Å². The molecular formula is C10H20N2S. The molecule has 1 rings (SSSR count). The average Bonchev–Trinajstić information content (AvgIpc) is 2.21. The summed E-state index contributed by atoms with van der Waals surface area (Å²) in [4.78, 5) is 0. The van der Waals surface area contributed by atoms with Crippen LogP contribution < -0.4 is 11.3 Å². The second-order valence-electron chi connectivity index (χ2n) is 3.60. The zero-order valence-corrected chi connectivity index (χ0v) is 8.98. The fourth-order valence-electron chi connectivity index (χ4n) is 1.66. The summed E-state index contributed by atoms with van der Waals surface area (Å²) < 4.78 is 0. The average molecular weight is 200 g/mol. The molecule has 0 spiro atoms. The number of hydrazine groups is 1. The first kappa shape index (κ1) is 11.1. The van der Waals surface area contributed by atoms with Crippen LogP contribution in [0.4, 0.5) is 0 Å². The molecule has 1 unspecified atom stereocenters. The molecule has 1 saturated carbocycles. The first-order valence-corrected chi connectivity index (χ1v) is 6.12. The fraction of sp³-hybridized carbons (Fsp3) is 0.800. The Bertz CT molecular complexity index is 144. The normalized spacial score (nSPS) is 21.3. The number of hydrogen-bond donors (Lipinski definition) is 2. The maximum atomic E-state index is 5.36. The van der Waals surface area contributed by atoms with Crippen LogP contribution in [0.15, 0.2) is 12.7 Å². The molecule has 1 aliphatic rings. The molecule has 1 atom stereocenters. The summed E-state index contributed by atoms with van der Waals surface area (Å²) >= 11 is 2.04. The largest absolute Gasteiger partial charge is 0.271 e. The molecular weight excluding hydrogens is 180 g/mol. The third kappa shape index (κ3) is 4.16. The van der Waals surface area contributed by atoms with Crippen molar-refractivity contribution in [3.8, 4) is 0 Å². The Balaban J connectivity index is 2.12. The second kappa shape index (κ2) is 6.46. The number of nitrogens with two attached hydrogens (primary N) is 1. The number of hydrogen-bond acceptors (Lipinski definition) is 3. The van der Waals surface area contributed by atoms with Crippen molar-refractivity contribution >= 4 is 11.8 Å². The van der Waals surface area contributed by atoms with Crippen molar-refractivity contribution in [2.75, 3.05) is 5.75 Å². The van der Waals surface area contributed by atoms with Crippen molar-refractivity contribution in [3.63, 3.8) is 0 Å². The van der Waals surface area contributed by atoms with Crippen LogP contribution in [0.25, 0.3) is 0 Å². The zero-order chi connectivity index (χ0) is 9.52. The molecule has 0 aromatic heterocycles. The van der Waals surface area contributed by atoms with Gasteiger partial charge in [0.05, 0.1) is 0 Å². The van der Waals surface area contributed by atoms with Gasteiger partial charge in [-0.15, -0.1) is 6.58 Å². The second-order valence-corrected chi connectivity index (χ2v) is 4.94. The van der Waals surface area contributed by atoms with Gasteiger partial charge in [0.2, 0.25) is 0 Å². The lowest BCUT2D eigenvalue weighted by atomic mass is 10.0. The molecule has 0 radical (unpaired) electrons. The van der Waals surface area contributed by atoms with E-state index in [4.69, 9.17) is 5.84 Å². The quantitative estimate of drug-likeness (QED) is 0.405. The molecule has 0 saturated heterocycles. The van der Waals surface area contributed by atoms with Crippen molar-refractivity contribution in [2.45, 2.75) is 43.4 Å². The van der Waals surface area contributed by atoms with Crippen LogP contribution >= 0.6 is 11.8 Å². The third-order valence-electron chi connectivity index (χ3n) is 2.56. The lowest BCUT2D eigenvalue weighted by Gasteiger charge is -2.22. The van der Waals surface area contributed by atoms with Gasteiger partial charge in [0.15, 0.2) is 0 Å². The first-order valence-electron chi connectivity index (χ1n) is 5.07. The van der Waals surface area contributed by atoms with Gasteiger partial charge in [-0.05, 0) is 12.8 Å². The number of thioether (sulfide) groups is 1. The molecule has 0 bridgehead atoms. The molecule has 3 heteroatoms. The fourth-order valence-corrected chi connectivity index (χ4v) is 3.03. The van der Waals surface area contributed by atoms with Crippen molar-refractivity contribution in [1.82, 2.24) is 5.43 Å². The van der Waals surface area contributed by atoms with Gasteiger partial charge in [-0.3, -0.25) is 11.3 Å². The highest BCUT2D eigenvalue weighted by atomic mass is 32.2. The summed E-state index contributed by atoms with van der Waals surface area (Å²) in [6.45, 7) is 3.74. The van der Waals surface area contributed by atoms with Crippen LogP contribution in [-0.2, 0) is 0 Å². The van der Waals surface area contributed by atoms with Gasteiger partial charge in [0.25, 0.3) is 0 Å². The molecule has 2 nitrogen and oxygen atoms in total. The molecule has 13 heavy (non-hydrogen) atoms. The van der Waals surface area contributed by atoms with Gasteiger partial charge >= 0.3 is 0 Å². The Kier molecular flexibility index (Phi) is 5.51. The zero-order valence-electron chi connectivity index (χ0n) is 8.17. The van der Waals surface area contributed by atoms with Crippen LogP contribution in [0.5, 0.6) is 0 Å². The van der Waals surface area contributed by atoms with E-state index in [1.165, 1.54) is 32.1 Å². The summed E-state index contributed by atoms with van der Waals surface area (Å²) in [5, 5.41) is 0.865. The molecule has 1 fully saturated rings. The highest BCUT2D eigenvalue weighted by Crippen LogP contribution is 2.28. The van der Waals surface area contributed by atoms with E-state index in [0.717, 1.165) is 11.0 Å². The molecule has 3 N–H and O–H groups in total. The van der Waals surface area contributed by atoms with Gasteiger partial charge < -0.3 is 0 Å². The number of nitrogens with one attached hydrogen (secondary N) is 1. The molecule has 0 aromatic carbocycles. The minimum absolute atomic E-state index is 0.270. The summed E-state index contributed by atoms with van der Waals surface area (Å²) in [5.74, 6) is 6.42. The van der Waals surface area contributed by atoms with E-state index < -0.39 is 0 Å². The Morgan fingerprint density at radius 3 is 2.69 bits per heavy atom. The Labute approximate surface area is 85.3 Å². The Morgan fingerprint density at radius 2 is 2.15 bits per heavy atom. The maximum absolute atomic E-state index is 5.36. The van der Waals surface area contributed by atoms with Crippen molar-refractivity contribution in [2.24, 2.45) is 5.84 Å². The maximum Gasteiger partial charge on any atom is 0.0478 e. The Hall–Kier alpha value is 0.01000. The summed E-state index contributed by atoms with van der Waals surface area (Å²) in [7, 11) is 0. The van der Waals surface area contributed by atoms with Crippen LogP contribution in [0.3, 0.4) is 0 Å². The molecule has 0 amide bonds. The van der Waals surface area contributed by atoms with Gasteiger partial charge in [-0.25, -0.2) is 0 Å². The molecule has 0 aromatic rings. The lowest BCUT2D eigenvalue weighted by Crippen LogP contribution is -2.35. The van der Waals surface area contributed by atoms with Gasteiger partial charge in [0, 0.05) is 17.0 Å². The van der Waals surface area contributed by atoms with E-state index in [9.17, 15) is 0 Å². The molecule has 76 valence electrons.